The molecule has 3 heterocycles. The third-order valence-electron chi connectivity index (χ3n) is 6.10. The Morgan fingerprint density at radius 3 is 2.89 bits per heavy atom. The number of fused-ring (bicyclic) bond motifs is 2. The molecule has 1 fully saturated rings. The molecule has 2 N–H and O–H groups in total. The zero-order chi connectivity index (χ0) is 24.2. The molecule has 0 spiro atoms. The lowest BCUT2D eigenvalue weighted by Crippen LogP contribution is -2.38. The van der Waals surface area contributed by atoms with Gasteiger partial charge < -0.3 is 24.7 Å². The molecule has 0 atom stereocenters. The number of nitrogens with one attached hydrogen (secondary N) is 2. The lowest BCUT2D eigenvalue weighted by molar-refractivity contribution is -0.111. The van der Waals surface area contributed by atoms with E-state index in [-0.39, 0.29) is 5.91 Å². The molecule has 0 aliphatic carbocycles. The minimum Gasteiger partial charge on any atom is -0.490 e. The predicted octanol–water partition coefficient (Wildman–Crippen LogP) is 3.70. The van der Waals surface area contributed by atoms with Crippen molar-refractivity contribution in [1.29, 1.82) is 0 Å². The van der Waals surface area contributed by atoms with Crippen LogP contribution in [0.5, 0.6) is 5.75 Å². The number of hydrogen-bond donors (Lipinski definition) is 2. The normalized spacial score (nSPS) is 14.2. The number of hydrogen-bond acceptors (Lipinski definition) is 7. The van der Waals surface area contributed by atoms with E-state index in [1.54, 1.807) is 0 Å². The van der Waals surface area contributed by atoms with E-state index in [2.05, 4.69) is 54.8 Å². The fourth-order valence-electron chi connectivity index (χ4n) is 4.17. The van der Waals surface area contributed by atoms with Crippen LogP contribution < -0.4 is 15.4 Å². The number of anilines is 3. The summed E-state index contributed by atoms with van der Waals surface area (Å²) in [5.74, 6) is 0.872. The highest BCUT2D eigenvalue weighted by atomic mass is 16.5. The highest BCUT2D eigenvalue weighted by Crippen LogP contribution is 2.34. The van der Waals surface area contributed by atoms with E-state index in [0.29, 0.717) is 29.4 Å². The molecule has 0 radical (unpaired) electrons. The number of morpholine rings is 1. The van der Waals surface area contributed by atoms with Crippen LogP contribution in [-0.2, 0) is 16.6 Å². The molecule has 1 aliphatic heterocycles. The molecule has 1 saturated heterocycles. The highest BCUT2D eigenvalue weighted by Gasteiger charge is 2.15. The summed E-state index contributed by atoms with van der Waals surface area (Å²) >= 11 is 0. The molecule has 0 saturated carbocycles. The summed E-state index contributed by atoms with van der Waals surface area (Å²) in [6, 6.07) is 11.9. The zero-order valence-electron chi connectivity index (χ0n) is 19.7. The van der Waals surface area contributed by atoms with Crippen LogP contribution in [0.3, 0.4) is 0 Å². The summed E-state index contributed by atoms with van der Waals surface area (Å²) in [6.07, 6.45) is 4.78. The molecule has 0 bridgehead atoms. The number of carbonyl (C=O) groups excluding carboxylic acids is 1. The lowest BCUT2D eigenvalue weighted by Gasteiger charge is -2.26. The number of aromatic nitrogens is 3. The predicted molar refractivity (Wildman–Crippen MR) is 137 cm³/mol. The average Bonchev–Trinajstić information content (AvgIpc) is 3.25. The third kappa shape index (κ3) is 5.11. The second-order valence-electron chi connectivity index (χ2n) is 8.41. The van der Waals surface area contributed by atoms with Gasteiger partial charge in [0.25, 0.3) is 0 Å². The van der Waals surface area contributed by atoms with Gasteiger partial charge in [0.15, 0.2) is 0 Å². The van der Waals surface area contributed by atoms with Crippen molar-refractivity contribution in [3.8, 4) is 5.75 Å². The maximum Gasteiger partial charge on any atom is 0.247 e. The van der Waals surface area contributed by atoms with Crippen LogP contribution >= 0.6 is 0 Å². The van der Waals surface area contributed by atoms with Gasteiger partial charge in [-0.15, -0.1) is 0 Å². The zero-order valence-corrected chi connectivity index (χ0v) is 19.7. The Bertz CT molecular complexity index is 1380. The van der Waals surface area contributed by atoms with E-state index in [4.69, 9.17) is 9.47 Å². The van der Waals surface area contributed by atoms with E-state index in [1.165, 1.54) is 17.8 Å². The van der Waals surface area contributed by atoms with Crippen molar-refractivity contribution in [3.63, 3.8) is 0 Å². The van der Waals surface area contributed by atoms with Crippen molar-refractivity contribution in [3.05, 3.63) is 61.6 Å². The average molecular weight is 473 g/mol. The van der Waals surface area contributed by atoms with Crippen LogP contribution in [0, 0.1) is 0 Å². The summed E-state index contributed by atoms with van der Waals surface area (Å²) in [6.45, 7) is 8.06. The Balaban J connectivity index is 1.43. The summed E-state index contributed by atoms with van der Waals surface area (Å²) < 4.78 is 13.6. The summed E-state index contributed by atoms with van der Waals surface area (Å²) in [7, 11) is 2.02. The van der Waals surface area contributed by atoms with Crippen molar-refractivity contribution in [2.75, 3.05) is 50.1 Å². The fraction of sp³-hybridized carbons (Fsp3) is 0.269. The molecule has 1 aliphatic rings. The van der Waals surface area contributed by atoms with Gasteiger partial charge in [0.05, 0.1) is 24.4 Å². The van der Waals surface area contributed by atoms with Gasteiger partial charge >= 0.3 is 0 Å². The van der Waals surface area contributed by atoms with Crippen LogP contribution in [0.15, 0.2) is 61.6 Å². The second-order valence-corrected chi connectivity index (χ2v) is 8.41. The van der Waals surface area contributed by atoms with Crippen LogP contribution in [0.1, 0.15) is 0 Å². The largest absolute Gasteiger partial charge is 0.490 e. The molecule has 2 aromatic carbocycles. The summed E-state index contributed by atoms with van der Waals surface area (Å²) in [5, 5.41) is 8.19. The number of nitrogens with zero attached hydrogens (tertiary/aromatic N) is 4. The molecule has 9 heteroatoms. The van der Waals surface area contributed by atoms with Crippen molar-refractivity contribution in [2.45, 2.75) is 0 Å². The number of amides is 1. The first-order valence-corrected chi connectivity index (χ1v) is 11.6. The van der Waals surface area contributed by atoms with Crippen LogP contribution in [0.4, 0.5) is 17.2 Å². The first kappa shape index (κ1) is 22.8. The summed E-state index contributed by atoms with van der Waals surface area (Å²) in [5.41, 5.74) is 3.27. The molecule has 1 amide bonds. The third-order valence-corrected chi connectivity index (χ3v) is 6.10. The van der Waals surface area contributed by atoms with Crippen LogP contribution in [-0.4, -0.2) is 64.8 Å². The smallest absolute Gasteiger partial charge is 0.247 e. The number of aryl methyl sites for hydroxylation is 1. The lowest BCUT2D eigenvalue weighted by atomic mass is 10.1. The van der Waals surface area contributed by atoms with Gasteiger partial charge in [0.2, 0.25) is 5.91 Å². The van der Waals surface area contributed by atoms with Crippen molar-refractivity contribution < 1.29 is 14.3 Å². The standard InChI is InChI=1S/C26H28N6O3/c1-3-25(33)30-22-15-20-21(16-24(22)35-13-10-32-8-11-34-12-9-32)27-17-28-26(20)29-19-5-4-18-6-7-31(2)23(18)14-19/h3-7,14-17H,1,8-13H2,2H3,(H,30,33)(H,27,28,29). The van der Waals surface area contributed by atoms with Crippen LogP contribution in [0.2, 0.25) is 0 Å². The summed E-state index contributed by atoms with van der Waals surface area (Å²) in [4.78, 5) is 23.3. The van der Waals surface area contributed by atoms with E-state index in [9.17, 15) is 4.79 Å². The number of benzene rings is 2. The molecule has 180 valence electrons. The Morgan fingerprint density at radius 2 is 2.06 bits per heavy atom. The van der Waals surface area contributed by atoms with Gasteiger partial charge in [-0.3, -0.25) is 9.69 Å². The van der Waals surface area contributed by atoms with Gasteiger partial charge in [0, 0.05) is 55.5 Å². The topological polar surface area (TPSA) is 93.5 Å². The second kappa shape index (κ2) is 10.1. The number of ether oxygens (including phenoxy) is 2. The van der Waals surface area contributed by atoms with Gasteiger partial charge in [0.1, 0.15) is 24.5 Å². The van der Waals surface area contributed by atoms with E-state index < -0.39 is 0 Å². The van der Waals surface area contributed by atoms with Crippen LogP contribution in [0.25, 0.3) is 21.8 Å². The molecule has 5 rings (SSSR count). The van der Waals surface area contributed by atoms with Crippen molar-refractivity contribution >= 4 is 44.9 Å². The van der Waals surface area contributed by atoms with Gasteiger partial charge in [-0.2, -0.15) is 0 Å². The minimum atomic E-state index is -0.317. The van der Waals surface area contributed by atoms with Crippen molar-refractivity contribution in [1.82, 2.24) is 19.4 Å². The highest BCUT2D eigenvalue weighted by molar-refractivity contribution is 6.03. The molecule has 35 heavy (non-hydrogen) atoms. The van der Waals surface area contributed by atoms with Gasteiger partial charge in [-0.05, 0) is 35.7 Å². The first-order chi connectivity index (χ1) is 17.1. The monoisotopic (exact) mass is 472 g/mol. The Labute approximate surface area is 203 Å². The SMILES string of the molecule is C=CC(=O)Nc1cc2c(Nc3ccc4ccn(C)c4c3)ncnc2cc1OCCN1CCOCC1. The molecule has 4 aromatic rings. The minimum absolute atomic E-state index is 0.317. The molecular formula is C26H28N6O3. The maximum absolute atomic E-state index is 12.1. The Hall–Kier alpha value is -3.95. The van der Waals surface area contributed by atoms with E-state index in [1.807, 2.05) is 31.4 Å². The van der Waals surface area contributed by atoms with Crippen molar-refractivity contribution in [2.24, 2.45) is 7.05 Å². The fourth-order valence-corrected chi connectivity index (χ4v) is 4.17. The quantitative estimate of drug-likeness (QED) is 0.378. The van der Waals surface area contributed by atoms with Gasteiger partial charge in [-0.1, -0.05) is 12.6 Å². The van der Waals surface area contributed by atoms with E-state index >= 15 is 0 Å². The Morgan fingerprint density at radius 1 is 1.20 bits per heavy atom. The maximum atomic E-state index is 12.1. The molecular weight excluding hydrogens is 444 g/mol. The number of carbonyl (C=O) groups is 1. The van der Waals surface area contributed by atoms with E-state index in [0.717, 1.165) is 49.4 Å². The molecule has 2 aromatic heterocycles. The van der Waals surface area contributed by atoms with Gasteiger partial charge in [-0.25, -0.2) is 9.97 Å². The number of rotatable bonds is 8. The molecule has 0 unspecified atom stereocenters. The molecule has 9 nitrogen and oxygen atoms in total. The first-order valence-electron chi connectivity index (χ1n) is 11.6. The Kier molecular flexibility index (Phi) is 6.60.